The first-order valence-electron chi connectivity index (χ1n) is 12.3. The van der Waals surface area contributed by atoms with Gasteiger partial charge in [0.25, 0.3) is 0 Å². The van der Waals surface area contributed by atoms with Gasteiger partial charge in [0.05, 0.1) is 0 Å². The van der Waals surface area contributed by atoms with E-state index in [9.17, 15) is 9.59 Å². The summed E-state index contributed by atoms with van der Waals surface area (Å²) in [6.45, 7) is 3.01. The number of aryl methyl sites for hydroxylation is 1. The molecule has 0 radical (unpaired) electrons. The fraction of sp³-hybridized carbons (Fsp3) is 0.310. The molecule has 1 N–H and O–H groups in total. The van der Waals surface area contributed by atoms with Crippen LogP contribution in [0.1, 0.15) is 36.5 Å². The average Bonchev–Trinajstić information content (AvgIpc) is 3.37. The molecule has 1 aliphatic rings. The zero-order chi connectivity index (χ0) is 25.3. The van der Waals surface area contributed by atoms with Crippen LogP contribution in [0.5, 0.6) is 11.5 Å². The van der Waals surface area contributed by atoms with Gasteiger partial charge in [0.2, 0.25) is 18.6 Å². The van der Waals surface area contributed by atoms with Crippen LogP contribution in [0.25, 0.3) is 0 Å². The summed E-state index contributed by atoms with van der Waals surface area (Å²) in [5, 5.41) is 3.56. The highest BCUT2D eigenvalue weighted by Gasteiger charge is 2.30. The Morgan fingerprint density at radius 3 is 2.50 bits per heavy atom. The number of benzene rings is 3. The molecule has 0 fully saturated rings. The molecule has 4 rings (SSSR count). The van der Waals surface area contributed by atoms with Crippen molar-refractivity contribution in [2.75, 3.05) is 13.3 Å². The fourth-order valence-corrected chi connectivity index (χ4v) is 4.42. The molecule has 0 bridgehead atoms. The highest BCUT2D eigenvalue weighted by atomic mass is 35.5. The fourth-order valence-electron chi connectivity index (χ4n) is 4.22. The Kier molecular flexibility index (Phi) is 8.85. The molecule has 0 unspecified atom stereocenters. The minimum Gasteiger partial charge on any atom is -0.454 e. The summed E-state index contributed by atoms with van der Waals surface area (Å²) in [6, 6.07) is 22.2. The van der Waals surface area contributed by atoms with Crippen molar-refractivity contribution in [3.63, 3.8) is 0 Å². The molecule has 36 heavy (non-hydrogen) atoms. The van der Waals surface area contributed by atoms with Gasteiger partial charge in [-0.1, -0.05) is 73.1 Å². The molecule has 3 aromatic carbocycles. The predicted octanol–water partition coefficient (Wildman–Crippen LogP) is 5.17. The van der Waals surface area contributed by atoms with Crippen molar-refractivity contribution in [1.29, 1.82) is 0 Å². The van der Waals surface area contributed by atoms with Crippen LogP contribution in [-0.2, 0) is 29.0 Å². The van der Waals surface area contributed by atoms with Crippen molar-refractivity contribution in [3.8, 4) is 11.5 Å². The molecule has 0 aliphatic carbocycles. The molecule has 0 saturated carbocycles. The van der Waals surface area contributed by atoms with Crippen molar-refractivity contribution in [3.05, 3.63) is 94.5 Å². The first-order valence-corrected chi connectivity index (χ1v) is 12.7. The summed E-state index contributed by atoms with van der Waals surface area (Å²) in [5.41, 5.74) is 2.76. The Hall–Kier alpha value is -3.51. The van der Waals surface area contributed by atoms with Gasteiger partial charge in [-0.3, -0.25) is 9.59 Å². The standard InChI is InChI=1S/C29H31ClN2O4/c1-2-16-31-29(34)25(17-21-8-4-3-5-9-21)32(19-23-10-6-7-11-24(23)30)28(33)15-13-22-12-14-26-27(18-22)36-20-35-26/h3-12,14,18,25H,2,13,15-17,19-20H2,1H3,(H,31,34)/t25-/m0/s1. The van der Waals surface area contributed by atoms with Gasteiger partial charge in [-0.2, -0.15) is 0 Å². The molecule has 0 aromatic heterocycles. The minimum atomic E-state index is -0.667. The first-order chi connectivity index (χ1) is 17.5. The molecular weight excluding hydrogens is 476 g/mol. The zero-order valence-electron chi connectivity index (χ0n) is 20.4. The lowest BCUT2D eigenvalue weighted by atomic mass is 10.0. The number of halogens is 1. The highest BCUT2D eigenvalue weighted by molar-refractivity contribution is 6.31. The van der Waals surface area contributed by atoms with E-state index in [1.54, 1.807) is 11.0 Å². The molecule has 0 saturated heterocycles. The number of carbonyl (C=O) groups excluding carboxylic acids is 2. The molecule has 1 aliphatic heterocycles. The van der Waals surface area contributed by atoms with Crippen molar-refractivity contribution in [1.82, 2.24) is 10.2 Å². The Balaban J connectivity index is 1.59. The molecular formula is C29H31ClN2O4. The van der Waals surface area contributed by atoms with Crippen LogP contribution in [0.15, 0.2) is 72.8 Å². The van der Waals surface area contributed by atoms with Gasteiger partial charge in [0, 0.05) is 31.0 Å². The highest BCUT2D eigenvalue weighted by Crippen LogP contribution is 2.33. The van der Waals surface area contributed by atoms with Gasteiger partial charge < -0.3 is 19.7 Å². The van der Waals surface area contributed by atoms with Crippen molar-refractivity contribution < 1.29 is 19.1 Å². The normalized spacial score (nSPS) is 12.7. The smallest absolute Gasteiger partial charge is 0.243 e. The van der Waals surface area contributed by atoms with Gasteiger partial charge in [0.1, 0.15) is 6.04 Å². The van der Waals surface area contributed by atoms with Crippen LogP contribution in [0, 0.1) is 0 Å². The number of hydrogen-bond donors (Lipinski definition) is 1. The lowest BCUT2D eigenvalue weighted by Crippen LogP contribution is -2.50. The number of nitrogens with zero attached hydrogens (tertiary/aromatic N) is 1. The third-order valence-corrected chi connectivity index (χ3v) is 6.55. The first kappa shape index (κ1) is 25.6. The molecule has 1 atom stereocenters. The second-order valence-corrected chi connectivity index (χ2v) is 9.20. The number of carbonyl (C=O) groups is 2. The summed E-state index contributed by atoms with van der Waals surface area (Å²) < 4.78 is 10.9. The maximum absolute atomic E-state index is 13.7. The summed E-state index contributed by atoms with van der Waals surface area (Å²) in [6.07, 6.45) is 1.99. The molecule has 7 heteroatoms. The lowest BCUT2D eigenvalue weighted by molar-refractivity contribution is -0.141. The van der Waals surface area contributed by atoms with Crippen LogP contribution in [0.2, 0.25) is 5.02 Å². The number of hydrogen-bond acceptors (Lipinski definition) is 4. The topological polar surface area (TPSA) is 67.9 Å². The Morgan fingerprint density at radius 2 is 1.72 bits per heavy atom. The number of rotatable bonds is 11. The van der Waals surface area contributed by atoms with E-state index in [0.29, 0.717) is 35.9 Å². The molecule has 1 heterocycles. The van der Waals surface area contributed by atoms with E-state index in [2.05, 4.69) is 5.32 Å². The van der Waals surface area contributed by atoms with Gasteiger partial charge in [-0.05, 0) is 47.7 Å². The Morgan fingerprint density at radius 1 is 0.972 bits per heavy atom. The number of amides is 2. The molecule has 3 aromatic rings. The van der Waals surface area contributed by atoms with E-state index in [0.717, 1.165) is 23.1 Å². The van der Waals surface area contributed by atoms with E-state index >= 15 is 0 Å². The maximum atomic E-state index is 13.7. The molecule has 6 nitrogen and oxygen atoms in total. The lowest BCUT2D eigenvalue weighted by Gasteiger charge is -2.32. The largest absolute Gasteiger partial charge is 0.454 e. The predicted molar refractivity (Wildman–Crippen MR) is 140 cm³/mol. The quantitative estimate of drug-likeness (QED) is 0.389. The number of fused-ring (bicyclic) bond motifs is 1. The van der Waals surface area contributed by atoms with Crippen molar-refractivity contribution in [2.24, 2.45) is 0 Å². The van der Waals surface area contributed by atoms with Gasteiger partial charge >= 0.3 is 0 Å². The Labute approximate surface area is 217 Å². The van der Waals surface area contributed by atoms with Gasteiger partial charge in [0.15, 0.2) is 11.5 Å². The van der Waals surface area contributed by atoms with E-state index in [-0.39, 0.29) is 31.6 Å². The maximum Gasteiger partial charge on any atom is 0.243 e. The van der Waals surface area contributed by atoms with E-state index in [1.807, 2.05) is 73.7 Å². The van der Waals surface area contributed by atoms with E-state index < -0.39 is 6.04 Å². The molecule has 0 spiro atoms. The van der Waals surface area contributed by atoms with Crippen LogP contribution in [0.3, 0.4) is 0 Å². The third-order valence-electron chi connectivity index (χ3n) is 6.18. The third kappa shape index (κ3) is 6.58. The van der Waals surface area contributed by atoms with Gasteiger partial charge in [-0.25, -0.2) is 0 Å². The SMILES string of the molecule is CCCNC(=O)[C@H](Cc1ccccc1)N(Cc1ccccc1Cl)C(=O)CCc1ccc2c(c1)OCO2. The Bertz CT molecular complexity index is 1180. The zero-order valence-corrected chi connectivity index (χ0v) is 21.2. The summed E-state index contributed by atoms with van der Waals surface area (Å²) in [5.74, 6) is 1.12. The van der Waals surface area contributed by atoms with Crippen LogP contribution in [0.4, 0.5) is 0 Å². The summed E-state index contributed by atoms with van der Waals surface area (Å²) >= 11 is 6.46. The van der Waals surface area contributed by atoms with Crippen LogP contribution >= 0.6 is 11.6 Å². The monoisotopic (exact) mass is 506 g/mol. The summed E-state index contributed by atoms with van der Waals surface area (Å²) in [7, 11) is 0. The van der Waals surface area contributed by atoms with Crippen molar-refractivity contribution >= 4 is 23.4 Å². The molecule has 188 valence electrons. The summed E-state index contributed by atoms with van der Waals surface area (Å²) in [4.78, 5) is 28.8. The van der Waals surface area contributed by atoms with Crippen LogP contribution in [-0.4, -0.2) is 36.1 Å². The van der Waals surface area contributed by atoms with E-state index in [4.69, 9.17) is 21.1 Å². The minimum absolute atomic E-state index is 0.111. The number of nitrogens with one attached hydrogen (secondary N) is 1. The van der Waals surface area contributed by atoms with Crippen molar-refractivity contribution in [2.45, 2.75) is 45.2 Å². The number of ether oxygens (including phenoxy) is 2. The average molecular weight is 507 g/mol. The second-order valence-electron chi connectivity index (χ2n) is 8.80. The van der Waals surface area contributed by atoms with E-state index in [1.165, 1.54) is 0 Å². The van der Waals surface area contributed by atoms with Gasteiger partial charge in [-0.15, -0.1) is 0 Å². The second kappa shape index (κ2) is 12.5. The molecule has 2 amide bonds. The van der Waals surface area contributed by atoms with Crippen LogP contribution < -0.4 is 14.8 Å².